The lowest BCUT2D eigenvalue weighted by Crippen LogP contribution is -2.09. The molecule has 0 fully saturated rings. The standard InChI is InChI=1S/C18H15S.C5H8O4/c1-4-10-16(11-5-1)19(17-12-6-2-7-13-17)18-14-8-3-9-15-18;1-8-4(6)3-5(7)9-2/h1-15H;3H2,1-2H3/q+1;. The van der Waals surface area contributed by atoms with Crippen LogP contribution in [-0.4, -0.2) is 26.2 Å². The molecule has 4 nitrogen and oxygen atoms in total. The van der Waals surface area contributed by atoms with Crippen molar-refractivity contribution >= 4 is 22.8 Å². The highest BCUT2D eigenvalue weighted by Crippen LogP contribution is 2.30. The van der Waals surface area contributed by atoms with Crippen molar-refractivity contribution < 1.29 is 19.1 Å². The Bertz CT molecular complexity index is 744. The first-order chi connectivity index (χ1) is 13.7. The predicted octanol–water partition coefficient (Wildman–Crippen LogP) is 4.50. The van der Waals surface area contributed by atoms with Gasteiger partial charge in [-0.3, -0.25) is 9.59 Å². The lowest BCUT2D eigenvalue weighted by Gasteiger charge is -2.07. The molecule has 3 rings (SSSR count). The summed E-state index contributed by atoms with van der Waals surface area (Å²) in [5.74, 6) is -1.16. The van der Waals surface area contributed by atoms with Crippen molar-refractivity contribution in [3.8, 4) is 0 Å². The van der Waals surface area contributed by atoms with E-state index in [1.54, 1.807) is 0 Å². The fourth-order valence-corrected chi connectivity index (χ4v) is 4.44. The smallest absolute Gasteiger partial charge is 0.316 e. The molecule has 0 unspecified atom stereocenters. The van der Waals surface area contributed by atoms with E-state index < -0.39 is 11.9 Å². The number of hydrogen-bond donors (Lipinski definition) is 0. The monoisotopic (exact) mass is 395 g/mol. The Balaban J connectivity index is 0.000000266. The number of rotatable bonds is 5. The van der Waals surface area contributed by atoms with Crippen molar-refractivity contribution in [3.63, 3.8) is 0 Å². The molecule has 0 aliphatic heterocycles. The Kier molecular flexibility index (Phi) is 8.82. The molecule has 0 bridgehead atoms. The summed E-state index contributed by atoms with van der Waals surface area (Å²) in [5, 5.41) is 0. The summed E-state index contributed by atoms with van der Waals surface area (Å²) >= 11 is 0. The number of benzene rings is 3. The molecule has 0 saturated carbocycles. The van der Waals surface area contributed by atoms with Crippen LogP contribution in [-0.2, 0) is 30.0 Å². The summed E-state index contributed by atoms with van der Waals surface area (Å²) in [5.41, 5.74) is 0. The Hall–Kier alpha value is -3.05. The fraction of sp³-hybridized carbons (Fsp3) is 0.130. The van der Waals surface area contributed by atoms with Crippen LogP contribution in [0.2, 0.25) is 0 Å². The van der Waals surface area contributed by atoms with Gasteiger partial charge >= 0.3 is 11.9 Å². The molecule has 3 aromatic rings. The van der Waals surface area contributed by atoms with E-state index >= 15 is 0 Å². The maximum atomic E-state index is 10.3. The topological polar surface area (TPSA) is 52.6 Å². The highest BCUT2D eigenvalue weighted by atomic mass is 32.2. The van der Waals surface area contributed by atoms with Crippen molar-refractivity contribution in [1.29, 1.82) is 0 Å². The van der Waals surface area contributed by atoms with E-state index in [-0.39, 0.29) is 17.3 Å². The number of carbonyl (C=O) groups excluding carboxylic acids is 2. The van der Waals surface area contributed by atoms with Crippen LogP contribution in [0.4, 0.5) is 0 Å². The Morgan fingerprint density at radius 1 is 0.607 bits per heavy atom. The van der Waals surface area contributed by atoms with Gasteiger partial charge in [0.1, 0.15) is 6.42 Å². The average Bonchev–Trinajstić information content (AvgIpc) is 2.76. The molecule has 5 heteroatoms. The quantitative estimate of drug-likeness (QED) is 0.362. The van der Waals surface area contributed by atoms with Gasteiger partial charge in [-0.05, 0) is 36.4 Å². The third-order valence-corrected chi connectivity index (χ3v) is 5.91. The SMILES string of the molecule is COC(=O)CC(=O)OC.c1ccc([S+](c2ccccc2)c2ccccc2)cc1. The van der Waals surface area contributed by atoms with Crippen LogP contribution < -0.4 is 0 Å². The molecule has 0 amide bonds. The Labute approximate surface area is 168 Å². The van der Waals surface area contributed by atoms with Crippen LogP contribution in [0.25, 0.3) is 0 Å². The van der Waals surface area contributed by atoms with Crippen molar-refractivity contribution in [3.05, 3.63) is 91.0 Å². The van der Waals surface area contributed by atoms with Gasteiger partial charge in [0.2, 0.25) is 0 Å². The van der Waals surface area contributed by atoms with Crippen molar-refractivity contribution in [2.45, 2.75) is 21.1 Å². The minimum absolute atomic E-state index is 0.0146. The Morgan fingerprint density at radius 2 is 0.893 bits per heavy atom. The number of ether oxygens (including phenoxy) is 2. The summed E-state index contributed by atoms with van der Waals surface area (Å²) in [4.78, 5) is 24.6. The minimum atomic E-state index is -0.582. The number of hydrogen-bond acceptors (Lipinski definition) is 4. The molecular formula is C23H23O4S+. The average molecular weight is 396 g/mol. The summed E-state index contributed by atoms with van der Waals surface area (Å²) in [6, 6.07) is 32.2. The Morgan fingerprint density at radius 3 is 1.14 bits per heavy atom. The minimum Gasteiger partial charge on any atom is -0.469 e. The van der Waals surface area contributed by atoms with E-state index in [4.69, 9.17) is 0 Å². The third-order valence-electron chi connectivity index (χ3n) is 3.68. The fourth-order valence-electron chi connectivity index (χ4n) is 2.34. The number of methoxy groups -OCH3 is 2. The van der Waals surface area contributed by atoms with Crippen LogP contribution >= 0.6 is 0 Å². The van der Waals surface area contributed by atoms with Gasteiger partial charge in [0.25, 0.3) is 0 Å². The number of esters is 2. The summed E-state index contributed by atoms with van der Waals surface area (Å²) in [6.45, 7) is 0. The van der Waals surface area contributed by atoms with Crippen LogP contribution in [0.5, 0.6) is 0 Å². The summed E-state index contributed by atoms with van der Waals surface area (Å²) in [6.07, 6.45) is -0.312. The van der Waals surface area contributed by atoms with Crippen LogP contribution in [0.3, 0.4) is 0 Å². The van der Waals surface area contributed by atoms with Gasteiger partial charge in [0, 0.05) is 0 Å². The summed E-state index contributed by atoms with van der Waals surface area (Å²) in [7, 11) is 2.41. The van der Waals surface area contributed by atoms with Gasteiger partial charge in [-0.25, -0.2) is 0 Å². The van der Waals surface area contributed by atoms with Crippen molar-refractivity contribution in [1.82, 2.24) is 0 Å². The van der Waals surface area contributed by atoms with Gasteiger partial charge in [0.15, 0.2) is 14.7 Å². The lowest BCUT2D eigenvalue weighted by atomic mass is 10.4. The molecule has 144 valence electrons. The van der Waals surface area contributed by atoms with Gasteiger partial charge in [-0.15, -0.1) is 0 Å². The second-order valence-corrected chi connectivity index (χ2v) is 7.60. The zero-order valence-electron chi connectivity index (χ0n) is 15.9. The zero-order chi connectivity index (χ0) is 20.2. The first-order valence-corrected chi connectivity index (χ1v) is 9.91. The molecule has 0 spiro atoms. The van der Waals surface area contributed by atoms with Crippen molar-refractivity contribution in [2.75, 3.05) is 14.2 Å². The van der Waals surface area contributed by atoms with E-state index in [2.05, 4.69) is 100 Å². The number of carbonyl (C=O) groups is 2. The summed E-state index contributed by atoms with van der Waals surface area (Å²) < 4.78 is 8.37. The molecule has 0 saturated heterocycles. The lowest BCUT2D eigenvalue weighted by molar-refractivity contribution is -0.151. The highest BCUT2D eigenvalue weighted by molar-refractivity contribution is 7.97. The first kappa shape index (κ1) is 21.3. The maximum absolute atomic E-state index is 10.3. The molecule has 0 aromatic heterocycles. The van der Waals surface area contributed by atoms with Gasteiger partial charge in [-0.2, -0.15) is 0 Å². The molecule has 0 aliphatic carbocycles. The van der Waals surface area contributed by atoms with Gasteiger partial charge in [0.05, 0.1) is 25.1 Å². The van der Waals surface area contributed by atoms with Gasteiger partial charge < -0.3 is 9.47 Å². The van der Waals surface area contributed by atoms with E-state index in [9.17, 15) is 9.59 Å². The van der Waals surface area contributed by atoms with Crippen molar-refractivity contribution in [2.24, 2.45) is 0 Å². The van der Waals surface area contributed by atoms with Gasteiger partial charge in [-0.1, -0.05) is 54.6 Å². The molecular weight excluding hydrogens is 372 g/mol. The van der Waals surface area contributed by atoms with Crippen LogP contribution in [0, 0.1) is 0 Å². The van der Waals surface area contributed by atoms with E-state index in [0.717, 1.165) is 0 Å². The molecule has 0 heterocycles. The molecule has 0 atom stereocenters. The van der Waals surface area contributed by atoms with Crippen LogP contribution in [0.1, 0.15) is 6.42 Å². The second-order valence-electron chi connectivity index (χ2n) is 5.57. The second kappa shape index (κ2) is 11.6. The highest BCUT2D eigenvalue weighted by Gasteiger charge is 2.27. The molecule has 3 aromatic carbocycles. The first-order valence-electron chi connectivity index (χ1n) is 8.68. The molecule has 0 radical (unpaired) electrons. The molecule has 28 heavy (non-hydrogen) atoms. The maximum Gasteiger partial charge on any atom is 0.316 e. The largest absolute Gasteiger partial charge is 0.469 e. The van der Waals surface area contributed by atoms with E-state index in [1.807, 2.05) is 0 Å². The molecule has 0 aliphatic rings. The molecule has 0 N–H and O–H groups in total. The normalized spacial score (nSPS) is 9.82. The zero-order valence-corrected chi connectivity index (χ0v) is 16.7. The van der Waals surface area contributed by atoms with Crippen LogP contribution in [0.15, 0.2) is 106 Å². The van der Waals surface area contributed by atoms with E-state index in [1.165, 1.54) is 28.9 Å². The predicted molar refractivity (Wildman–Crippen MR) is 110 cm³/mol. The third kappa shape index (κ3) is 6.59. The van der Waals surface area contributed by atoms with E-state index in [0.29, 0.717) is 0 Å².